The number of thiazole rings is 1. The summed E-state index contributed by atoms with van der Waals surface area (Å²) >= 11 is 2.41. The van der Waals surface area contributed by atoms with E-state index in [9.17, 15) is 28.5 Å². The Balaban J connectivity index is 1.89. The molecule has 3 rings (SSSR count). The van der Waals surface area contributed by atoms with E-state index in [0.717, 1.165) is 36.7 Å². The van der Waals surface area contributed by atoms with Gasteiger partial charge in [0.2, 0.25) is 0 Å². The summed E-state index contributed by atoms with van der Waals surface area (Å²) in [6, 6.07) is 4.97. The van der Waals surface area contributed by atoms with Gasteiger partial charge < -0.3 is 10.1 Å². The number of esters is 1. The lowest BCUT2D eigenvalue weighted by Gasteiger charge is -2.10. The summed E-state index contributed by atoms with van der Waals surface area (Å²) in [5.41, 5.74) is -0.740. The molecule has 0 saturated heterocycles. The number of nitro groups is 1. The Hall–Kier alpha value is -3.38. The van der Waals surface area contributed by atoms with Gasteiger partial charge in [-0.25, -0.2) is 18.6 Å². The second-order valence-corrected chi connectivity index (χ2v) is 8.20. The maximum atomic E-state index is 14.1. The molecular formula is C19H13F2N3O5S2. The molecule has 0 aliphatic heterocycles. The molecule has 0 radical (unpaired) electrons. The Bertz CT molecular complexity index is 1200. The number of nitrogens with one attached hydrogen (secondary N) is 1. The molecule has 0 unspecified atom stereocenters. The van der Waals surface area contributed by atoms with Gasteiger partial charge in [-0.1, -0.05) is 11.8 Å². The van der Waals surface area contributed by atoms with E-state index in [4.69, 9.17) is 0 Å². The molecule has 0 fully saturated rings. The molecule has 0 spiro atoms. The third-order valence-corrected chi connectivity index (χ3v) is 6.04. The van der Waals surface area contributed by atoms with E-state index in [0.29, 0.717) is 10.4 Å². The molecule has 1 amide bonds. The number of benzene rings is 2. The Morgan fingerprint density at radius 3 is 2.58 bits per heavy atom. The summed E-state index contributed by atoms with van der Waals surface area (Å²) in [6.45, 7) is 1.79. The number of aromatic nitrogens is 1. The zero-order valence-corrected chi connectivity index (χ0v) is 17.6. The third kappa shape index (κ3) is 5.03. The van der Waals surface area contributed by atoms with E-state index < -0.39 is 39.7 Å². The van der Waals surface area contributed by atoms with Gasteiger partial charge in [0.1, 0.15) is 11.6 Å². The second kappa shape index (κ2) is 9.18. The van der Waals surface area contributed by atoms with Gasteiger partial charge in [-0.2, -0.15) is 0 Å². The van der Waals surface area contributed by atoms with Crippen LogP contribution in [0.25, 0.3) is 0 Å². The summed E-state index contributed by atoms with van der Waals surface area (Å²) in [4.78, 5) is 39.5. The number of amides is 1. The lowest BCUT2D eigenvalue weighted by atomic mass is 10.1. The van der Waals surface area contributed by atoms with Crippen molar-refractivity contribution < 1.29 is 28.0 Å². The van der Waals surface area contributed by atoms with Crippen LogP contribution < -0.4 is 5.32 Å². The van der Waals surface area contributed by atoms with Gasteiger partial charge in [0.15, 0.2) is 4.34 Å². The van der Waals surface area contributed by atoms with Gasteiger partial charge in [-0.3, -0.25) is 14.9 Å². The fourth-order valence-corrected chi connectivity index (χ4v) is 4.35. The Morgan fingerprint density at radius 1 is 1.23 bits per heavy atom. The van der Waals surface area contributed by atoms with E-state index >= 15 is 0 Å². The predicted octanol–water partition coefficient (Wildman–Crippen LogP) is 4.83. The zero-order valence-electron chi connectivity index (χ0n) is 16.0. The summed E-state index contributed by atoms with van der Waals surface area (Å²) in [5.74, 6) is -4.22. The maximum absolute atomic E-state index is 14.1. The van der Waals surface area contributed by atoms with Crippen molar-refractivity contribution >= 4 is 46.3 Å². The number of rotatable bonds is 6. The minimum atomic E-state index is -1.16. The van der Waals surface area contributed by atoms with Crippen LogP contribution >= 0.6 is 23.1 Å². The molecule has 1 aromatic heterocycles. The number of nitro benzene ring substituents is 1. The van der Waals surface area contributed by atoms with Crippen LogP contribution in [0.2, 0.25) is 0 Å². The summed E-state index contributed by atoms with van der Waals surface area (Å²) in [5, 5.41) is 15.5. The van der Waals surface area contributed by atoms with E-state index in [1.165, 1.54) is 23.5 Å². The summed E-state index contributed by atoms with van der Waals surface area (Å²) < 4.78 is 32.8. The lowest BCUT2D eigenvalue weighted by Crippen LogP contribution is -2.15. The van der Waals surface area contributed by atoms with Crippen molar-refractivity contribution in [2.24, 2.45) is 0 Å². The molecular weight excluding hydrogens is 452 g/mol. The monoisotopic (exact) mass is 465 g/mol. The summed E-state index contributed by atoms with van der Waals surface area (Å²) in [6.07, 6.45) is 0. The molecule has 2 aromatic carbocycles. The van der Waals surface area contributed by atoms with Gasteiger partial charge >= 0.3 is 5.97 Å². The van der Waals surface area contributed by atoms with Crippen LogP contribution in [0.4, 0.5) is 20.2 Å². The molecule has 8 nitrogen and oxygen atoms in total. The number of nitrogens with zero attached hydrogens (tertiary/aromatic N) is 2. The highest BCUT2D eigenvalue weighted by Crippen LogP contribution is 2.37. The fraction of sp³-hybridized carbons (Fsp3) is 0.105. The van der Waals surface area contributed by atoms with Crippen LogP contribution in [0.5, 0.6) is 0 Å². The maximum Gasteiger partial charge on any atom is 0.340 e. The molecule has 0 atom stereocenters. The standard InChI is InChI=1S/C19H13F2N3O5S2/c1-9-8-30-19(22-9)31-16-4-3-10(5-15(16)24(27)28)17(25)23-14-6-11(18(26)29-2)12(20)7-13(14)21/h3-8H,1-2H3,(H,23,25). The van der Waals surface area contributed by atoms with Crippen LogP contribution in [0.1, 0.15) is 26.4 Å². The van der Waals surface area contributed by atoms with E-state index in [-0.39, 0.29) is 16.1 Å². The number of carbonyl (C=O) groups excluding carboxylic acids is 2. The van der Waals surface area contributed by atoms with Crippen LogP contribution in [0.15, 0.2) is 44.9 Å². The number of hydrogen-bond donors (Lipinski definition) is 1. The summed E-state index contributed by atoms with van der Waals surface area (Å²) in [7, 11) is 1.02. The first kappa shape index (κ1) is 22.3. The topological polar surface area (TPSA) is 111 Å². The van der Waals surface area contributed by atoms with E-state index in [1.54, 1.807) is 12.3 Å². The van der Waals surface area contributed by atoms with Crippen molar-refractivity contribution in [2.45, 2.75) is 16.2 Å². The number of anilines is 1. The van der Waals surface area contributed by atoms with Gasteiger partial charge in [0.25, 0.3) is 11.6 Å². The molecule has 0 saturated carbocycles. The number of aryl methyl sites for hydroxylation is 1. The van der Waals surface area contributed by atoms with Crippen molar-refractivity contribution in [3.8, 4) is 0 Å². The minimum Gasteiger partial charge on any atom is -0.465 e. The minimum absolute atomic E-state index is 0.130. The molecule has 12 heteroatoms. The second-order valence-electron chi connectivity index (χ2n) is 6.05. The van der Waals surface area contributed by atoms with Gasteiger partial charge in [-0.15, -0.1) is 11.3 Å². The average molecular weight is 465 g/mol. The van der Waals surface area contributed by atoms with Crippen LogP contribution in [-0.4, -0.2) is 28.9 Å². The first-order valence-corrected chi connectivity index (χ1v) is 10.2. The molecule has 1 N–H and O–H groups in total. The average Bonchev–Trinajstić information content (AvgIpc) is 3.14. The van der Waals surface area contributed by atoms with E-state index in [2.05, 4.69) is 15.0 Å². The van der Waals surface area contributed by atoms with E-state index in [1.807, 2.05) is 0 Å². The Kier molecular flexibility index (Phi) is 6.61. The van der Waals surface area contributed by atoms with Gasteiger partial charge in [0, 0.05) is 28.8 Å². The van der Waals surface area contributed by atoms with Crippen molar-refractivity contribution in [1.29, 1.82) is 0 Å². The first-order valence-electron chi connectivity index (χ1n) is 8.46. The molecule has 31 heavy (non-hydrogen) atoms. The highest BCUT2D eigenvalue weighted by Gasteiger charge is 2.22. The van der Waals surface area contributed by atoms with Crippen molar-refractivity contribution in [1.82, 2.24) is 4.98 Å². The predicted molar refractivity (Wildman–Crippen MR) is 110 cm³/mol. The molecule has 1 heterocycles. The Labute approximate surface area is 182 Å². The SMILES string of the molecule is COC(=O)c1cc(NC(=O)c2ccc(Sc3nc(C)cs3)c([N+](=O)[O-])c2)c(F)cc1F. The normalized spacial score (nSPS) is 10.6. The van der Waals surface area contributed by atoms with Crippen LogP contribution in [0, 0.1) is 28.7 Å². The number of carbonyl (C=O) groups is 2. The third-order valence-electron chi connectivity index (χ3n) is 3.92. The van der Waals surface area contributed by atoms with Crippen molar-refractivity contribution in [2.75, 3.05) is 12.4 Å². The Morgan fingerprint density at radius 2 is 1.97 bits per heavy atom. The molecule has 160 valence electrons. The molecule has 0 bridgehead atoms. The highest BCUT2D eigenvalue weighted by atomic mass is 32.2. The fourth-order valence-electron chi connectivity index (χ4n) is 2.47. The smallest absolute Gasteiger partial charge is 0.340 e. The first-order chi connectivity index (χ1) is 14.7. The van der Waals surface area contributed by atoms with Crippen molar-refractivity contribution in [3.05, 3.63) is 74.3 Å². The number of methoxy groups -OCH3 is 1. The highest BCUT2D eigenvalue weighted by molar-refractivity contribution is 8.01. The van der Waals surface area contributed by atoms with Crippen LogP contribution in [-0.2, 0) is 4.74 Å². The lowest BCUT2D eigenvalue weighted by molar-refractivity contribution is -0.387. The molecule has 0 aliphatic rings. The van der Waals surface area contributed by atoms with Gasteiger partial charge in [0.05, 0.1) is 28.2 Å². The van der Waals surface area contributed by atoms with Crippen LogP contribution in [0.3, 0.4) is 0 Å². The zero-order chi connectivity index (χ0) is 22.7. The molecule has 3 aromatic rings. The van der Waals surface area contributed by atoms with Crippen molar-refractivity contribution in [3.63, 3.8) is 0 Å². The number of hydrogen-bond acceptors (Lipinski definition) is 8. The number of ether oxygens (including phenoxy) is 1. The largest absolute Gasteiger partial charge is 0.465 e. The number of halogens is 2. The molecule has 0 aliphatic carbocycles. The van der Waals surface area contributed by atoms with Gasteiger partial charge in [-0.05, 0) is 25.1 Å². The quantitative estimate of drug-likeness (QED) is 0.315.